The SMILES string of the molecule is CC(C)CCCC(C)CCOc1ccc(C#Cc2ccc(C(=O)O)cc2)cc1. The number of carboxylic acids is 1. The summed E-state index contributed by atoms with van der Waals surface area (Å²) in [7, 11) is 0. The van der Waals surface area contributed by atoms with E-state index in [4.69, 9.17) is 9.84 Å². The molecule has 0 fully saturated rings. The highest BCUT2D eigenvalue weighted by molar-refractivity contribution is 5.87. The van der Waals surface area contributed by atoms with Gasteiger partial charge < -0.3 is 9.84 Å². The zero-order chi connectivity index (χ0) is 20.4. The lowest BCUT2D eigenvalue weighted by atomic mass is 9.98. The highest BCUT2D eigenvalue weighted by Crippen LogP contribution is 2.17. The Morgan fingerprint density at radius 2 is 1.46 bits per heavy atom. The summed E-state index contributed by atoms with van der Waals surface area (Å²) < 4.78 is 5.85. The molecule has 0 saturated carbocycles. The Hall–Kier alpha value is -2.73. The first-order valence-electron chi connectivity index (χ1n) is 10.0. The van der Waals surface area contributed by atoms with Crippen LogP contribution in [-0.4, -0.2) is 17.7 Å². The standard InChI is InChI=1S/C25H30O3/c1-19(2)5-4-6-20(3)17-18-28-24-15-11-22(12-16-24)8-7-21-9-13-23(14-10-21)25(26)27/h9-16,19-20H,4-6,17-18H2,1-3H3,(H,26,27). The number of rotatable bonds is 9. The van der Waals surface area contributed by atoms with E-state index >= 15 is 0 Å². The molecule has 1 unspecified atom stereocenters. The van der Waals surface area contributed by atoms with Crippen LogP contribution in [0.5, 0.6) is 5.75 Å². The first-order chi connectivity index (χ1) is 13.4. The molecule has 3 nitrogen and oxygen atoms in total. The molecule has 1 N–H and O–H groups in total. The van der Waals surface area contributed by atoms with E-state index in [0.717, 1.165) is 35.8 Å². The Morgan fingerprint density at radius 1 is 0.893 bits per heavy atom. The third-order valence-corrected chi connectivity index (χ3v) is 4.70. The lowest BCUT2D eigenvalue weighted by Crippen LogP contribution is -2.04. The van der Waals surface area contributed by atoms with Gasteiger partial charge in [0.15, 0.2) is 0 Å². The highest BCUT2D eigenvalue weighted by Gasteiger charge is 2.04. The van der Waals surface area contributed by atoms with E-state index in [9.17, 15) is 4.79 Å². The molecule has 28 heavy (non-hydrogen) atoms. The summed E-state index contributed by atoms with van der Waals surface area (Å²) in [5.41, 5.74) is 1.95. The number of ether oxygens (including phenoxy) is 1. The van der Waals surface area contributed by atoms with Crippen LogP contribution in [0.15, 0.2) is 48.5 Å². The first-order valence-corrected chi connectivity index (χ1v) is 10.0. The van der Waals surface area contributed by atoms with Crippen LogP contribution in [0.25, 0.3) is 0 Å². The minimum absolute atomic E-state index is 0.265. The minimum atomic E-state index is -0.931. The van der Waals surface area contributed by atoms with Crippen molar-refractivity contribution in [3.63, 3.8) is 0 Å². The van der Waals surface area contributed by atoms with Crippen molar-refractivity contribution >= 4 is 5.97 Å². The second-order valence-electron chi connectivity index (χ2n) is 7.72. The topological polar surface area (TPSA) is 46.5 Å². The molecule has 0 aliphatic rings. The third-order valence-electron chi connectivity index (χ3n) is 4.70. The zero-order valence-corrected chi connectivity index (χ0v) is 17.1. The van der Waals surface area contributed by atoms with Gasteiger partial charge in [-0.05, 0) is 66.8 Å². The van der Waals surface area contributed by atoms with Crippen molar-refractivity contribution in [3.8, 4) is 17.6 Å². The average molecular weight is 379 g/mol. The van der Waals surface area contributed by atoms with Crippen molar-refractivity contribution in [1.82, 2.24) is 0 Å². The molecule has 0 amide bonds. The van der Waals surface area contributed by atoms with Crippen LogP contribution in [-0.2, 0) is 0 Å². The Labute approximate surface area is 168 Å². The molecule has 0 heterocycles. The molecule has 148 valence electrons. The number of aromatic carboxylic acids is 1. The molecule has 0 bridgehead atoms. The summed E-state index contributed by atoms with van der Waals surface area (Å²) in [4.78, 5) is 10.9. The van der Waals surface area contributed by atoms with E-state index in [-0.39, 0.29) is 5.56 Å². The average Bonchev–Trinajstić information content (AvgIpc) is 2.67. The van der Waals surface area contributed by atoms with Crippen molar-refractivity contribution < 1.29 is 14.6 Å². The Morgan fingerprint density at radius 3 is 2.00 bits per heavy atom. The van der Waals surface area contributed by atoms with Crippen LogP contribution in [0, 0.1) is 23.7 Å². The maximum absolute atomic E-state index is 10.9. The molecule has 1 atom stereocenters. The van der Waals surface area contributed by atoms with Crippen molar-refractivity contribution in [2.24, 2.45) is 11.8 Å². The fourth-order valence-corrected chi connectivity index (χ4v) is 2.87. The van der Waals surface area contributed by atoms with E-state index in [2.05, 4.69) is 32.6 Å². The van der Waals surface area contributed by atoms with E-state index in [1.165, 1.54) is 19.3 Å². The second kappa shape index (κ2) is 11.2. The van der Waals surface area contributed by atoms with Crippen LogP contribution in [0.3, 0.4) is 0 Å². The van der Waals surface area contributed by atoms with Gasteiger partial charge in [0.25, 0.3) is 0 Å². The smallest absolute Gasteiger partial charge is 0.335 e. The predicted molar refractivity (Wildman–Crippen MR) is 114 cm³/mol. The molecule has 0 spiro atoms. The lowest BCUT2D eigenvalue weighted by molar-refractivity contribution is 0.0697. The van der Waals surface area contributed by atoms with Gasteiger partial charge in [0.2, 0.25) is 0 Å². The number of carbonyl (C=O) groups is 1. The highest BCUT2D eigenvalue weighted by atomic mass is 16.5. The molecule has 2 aromatic rings. The second-order valence-corrected chi connectivity index (χ2v) is 7.72. The maximum atomic E-state index is 10.9. The van der Waals surface area contributed by atoms with Crippen molar-refractivity contribution in [1.29, 1.82) is 0 Å². The van der Waals surface area contributed by atoms with E-state index in [0.29, 0.717) is 5.92 Å². The lowest BCUT2D eigenvalue weighted by Gasteiger charge is -2.13. The molecule has 0 aliphatic heterocycles. The van der Waals surface area contributed by atoms with Gasteiger partial charge in [-0.25, -0.2) is 4.79 Å². The van der Waals surface area contributed by atoms with E-state index in [1.54, 1.807) is 24.3 Å². The van der Waals surface area contributed by atoms with Crippen LogP contribution in [0.2, 0.25) is 0 Å². The molecule has 2 rings (SSSR count). The number of carboxylic acid groups (broad SMARTS) is 1. The summed E-state index contributed by atoms with van der Waals surface area (Å²) >= 11 is 0. The van der Waals surface area contributed by atoms with Gasteiger partial charge in [0.1, 0.15) is 5.75 Å². The Kier molecular flexibility index (Phi) is 8.62. The molecule has 0 saturated heterocycles. The summed E-state index contributed by atoms with van der Waals surface area (Å²) in [5.74, 6) is 7.55. The van der Waals surface area contributed by atoms with Crippen molar-refractivity contribution in [2.45, 2.75) is 46.5 Å². The summed E-state index contributed by atoms with van der Waals surface area (Å²) in [6.07, 6.45) is 4.94. The van der Waals surface area contributed by atoms with Crippen LogP contribution >= 0.6 is 0 Å². The Bertz CT molecular complexity index is 792. The van der Waals surface area contributed by atoms with Crippen LogP contribution in [0.1, 0.15) is 67.9 Å². The van der Waals surface area contributed by atoms with E-state index < -0.39 is 5.97 Å². The third kappa shape index (κ3) is 7.88. The summed E-state index contributed by atoms with van der Waals surface area (Å²) in [6, 6.07) is 14.3. The summed E-state index contributed by atoms with van der Waals surface area (Å²) in [5, 5.41) is 8.91. The predicted octanol–water partition coefficient (Wildman–Crippen LogP) is 6.02. The van der Waals surface area contributed by atoms with Gasteiger partial charge in [-0.15, -0.1) is 0 Å². The monoisotopic (exact) mass is 378 g/mol. The van der Waals surface area contributed by atoms with Gasteiger partial charge in [-0.3, -0.25) is 0 Å². The van der Waals surface area contributed by atoms with Crippen LogP contribution < -0.4 is 4.74 Å². The normalized spacial score (nSPS) is 11.6. The van der Waals surface area contributed by atoms with Crippen molar-refractivity contribution in [3.05, 3.63) is 65.2 Å². The van der Waals surface area contributed by atoms with Gasteiger partial charge >= 0.3 is 5.97 Å². The molecule has 0 aliphatic carbocycles. The number of benzene rings is 2. The first kappa shape index (κ1) is 21.6. The Balaban J connectivity index is 1.78. The minimum Gasteiger partial charge on any atom is -0.494 e. The molecule has 3 heteroatoms. The van der Waals surface area contributed by atoms with Crippen molar-refractivity contribution in [2.75, 3.05) is 6.61 Å². The molecular weight excluding hydrogens is 348 g/mol. The van der Waals surface area contributed by atoms with Gasteiger partial charge in [-0.1, -0.05) is 51.9 Å². The largest absolute Gasteiger partial charge is 0.494 e. The molecule has 0 aromatic heterocycles. The zero-order valence-electron chi connectivity index (χ0n) is 17.1. The fourth-order valence-electron chi connectivity index (χ4n) is 2.87. The van der Waals surface area contributed by atoms with E-state index in [1.807, 2.05) is 24.3 Å². The van der Waals surface area contributed by atoms with Gasteiger partial charge in [-0.2, -0.15) is 0 Å². The molecule has 2 aromatic carbocycles. The number of hydrogen-bond donors (Lipinski definition) is 1. The fraction of sp³-hybridized carbons (Fsp3) is 0.400. The quantitative estimate of drug-likeness (QED) is 0.543. The van der Waals surface area contributed by atoms with Crippen LogP contribution in [0.4, 0.5) is 0 Å². The molecular formula is C25H30O3. The number of hydrogen-bond acceptors (Lipinski definition) is 2. The summed E-state index contributed by atoms with van der Waals surface area (Å²) in [6.45, 7) is 7.59. The maximum Gasteiger partial charge on any atom is 0.335 e. The van der Waals surface area contributed by atoms with Gasteiger partial charge in [0.05, 0.1) is 12.2 Å². The van der Waals surface area contributed by atoms with Gasteiger partial charge in [0, 0.05) is 11.1 Å². The molecule has 0 radical (unpaired) electrons.